The summed E-state index contributed by atoms with van der Waals surface area (Å²) in [5, 5.41) is 0. The molecule has 0 unspecified atom stereocenters. The van der Waals surface area contributed by atoms with Crippen LogP contribution in [0.3, 0.4) is 0 Å². The van der Waals surface area contributed by atoms with Crippen LogP contribution in [0.5, 0.6) is 0 Å². The number of hydrogen-bond acceptors (Lipinski definition) is 2. The standard InChI is InChI=1S/C16H28NO2/c1-12(18)19-16-13-6-5-7-14(16)15(9-8-13)17(2)10-3-4-11-17/h13-16H,3-11H2,1-2H3/q+1/t13-,14-,15-,16+/m0/s1. The summed E-state index contributed by atoms with van der Waals surface area (Å²) < 4.78 is 6.99. The predicted octanol–water partition coefficient (Wildman–Crippen LogP) is 2.74. The summed E-state index contributed by atoms with van der Waals surface area (Å²) in [6.45, 7) is 4.24. The maximum Gasteiger partial charge on any atom is 0.302 e. The van der Waals surface area contributed by atoms with Crippen LogP contribution in [0.25, 0.3) is 0 Å². The van der Waals surface area contributed by atoms with Gasteiger partial charge in [0.2, 0.25) is 0 Å². The van der Waals surface area contributed by atoms with Crippen molar-refractivity contribution in [2.24, 2.45) is 11.8 Å². The molecule has 0 radical (unpaired) electrons. The van der Waals surface area contributed by atoms with Gasteiger partial charge in [-0.1, -0.05) is 6.42 Å². The number of rotatable bonds is 2. The van der Waals surface area contributed by atoms with Crippen molar-refractivity contribution < 1.29 is 14.0 Å². The van der Waals surface area contributed by atoms with Crippen molar-refractivity contribution in [3.8, 4) is 0 Å². The number of esters is 1. The minimum absolute atomic E-state index is 0.0772. The van der Waals surface area contributed by atoms with Gasteiger partial charge in [-0.25, -0.2) is 0 Å². The van der Waals surface area contributed by atoms with Crippen LogP contribution < -0.4 is 0 Å². The van der Waals surface area contributed by atoms with E-state index in [1.54, 1.807) is 6.92 Å². The SMILES string of the molecule is CC(=O)O[C@@H]1[C@H]2CCC[C@H]1[C@@H]([N+]1(C)CCCC1)CC2. The van der Waals surface area contributed by atoms with E-state index in [1.807, 2.05) is 0 Å². The lowest BCUT2D eigenvalue weighted by atomic mass is 9.66. The van der Waals surface area contributed by atoms with E-state index in [4.69, 9.17) is 4.74 Å². The van der Waals surface area contributed by atoms with Gasteiger partial charge in [-0.15, -0.1) is 0 Å². The zero-order valence-electron chi connectivity index (χ0n) is 12.4. The third kappa shape index (κ3) is 2.42. The maximum atomic E-state index is 11.4. The first-order valence-electron chi connectivity index (χ1n) is 8.11. The summed E-state index contributed by atoms with van der Waals surface area (Å²) in [6.07, 6.45) is 9.47. The first-order chi connectivity index (χ1) is 9.10. The quantitative estimate of drug-likeness (QED) is 0.567. The largest absolute Gasteiger partial charge is 0.462 e. The zero-order valence-corrected chi connectivity index (χ0v) is 12.4. The molecule has 108 valence electrons. The summed E-state index contributed by atoms with van der Waals surface area (Å²) in [5.74, 6) is 1.19. The molecule has 0 amide bonds. The molecule has 19 heavy (non-hydrogen) atoms. The number of nitrogens with zero attached hydrogens (tertiary/aromatic N) is 1. The minimum atomic E-state index is -0.0772. The van der Waals surface area contributed by atoms with Crippen LogP contribution in [-0.2, 0) is 9.53 Å². The molecule has 1 heterocycles. The Morgan fingerprint density at radius 3 is 2.47 bits per heavy atom. The fourth-order valence-corrected chi connectivity index (χ4v) is 5.15. The summed E-state index contributed by atoms with van der Waals surface area (Å²) in [4.78, 5) is 11.4. The van der Waals surface area contributed by atoms with Crippen molar-refractivity contribution in [3.05, 3.63) is 0 Å². The molecule has 0 spiro atoms. The summed E-state index contributed by atoms with van der Waals surface area (Å²) in [5.41, 5.74) is 0. The van der Waals surface area contributed by atoms with E-state index in [0.717, 1.165) is 6.04 Å². The molecule has 0 aromatic heterocycles. The van der Waals surface area contributed by atoms with Crippen LogP contribution in [-0.4, -0.2) is 42.7 Å². The molecule has 2 aliphatic carbocycles. The van der Waals surface area contributed by atoms with Gasteiger partial charge in [0.1, 0.15) is 6.10 Å². The smallest absolute Gasteiger partial charge is 0.302 e. The molecule has 0 aromatic carbocycles. The third-order valence-electron chi connectivity index (χ3n) is 6.02. The summed E-state index contributed by atoms with van der Waals surface area (Å²) in [7, 11) is 2.44. The highest BCUT2D eigenvalue weighted by Gasteiger charge is 2.51. The number of carbonyl (C=O) groups is 1. The van der Waals surface area contributed by atoms with Gasteiger partial charge in [0.25, 0.3) is 0 Å². The van der Waals surface area contributed by atoms with Gasteiger partial charge in [-0.3, -0.25) is 4.79 Å². The van der Waals surface area contributed by atoms with Crippen molar-refractivity contribution in [1.82, 2.24) is 0 Å². The van der Waals surface area contributed by atoms with Crippen LogP contribution in [0, 0.1) is 11.8 Å². The summed E-state index contributed by atoms with van der Waals surface area (Å²) in [6, 6.07) is 0.739. The second kappa shape index (κ2) is 5.08. The highest BCUT2D eigenvalue weighted by molar-refractivity contribution is 5.66. The Labute approximate surface area is 116 Å². The van der Waals surface area contributed by atoms with Gasteiger partial charge in [-0.2, -0.15) is 0 Å². The molecule has 3 rings (SSSR count). The Balaban J connectivity index is 1.80. The van der Waals surface area contributed by atoms with E-state index in [2.05, 4.69) is 7.05 Å². The molecule has 1 saturated heterocycles. The van der Waals surface area contributed by atoms with Crippen molar-refractivity contribution in [2.75, 3.05) is 20.1 Å². The first-order valence-corrected chi connectivity index (χ1v) is 8.11. The van der Waals surface area contributed by atoms with Gasteiger partial charge < -0.3 is 9.22 Å². The van der Waals surface area contributed by atoms with E-state index in [1.165, 1.54) is 62.5 Å². The fraction of sp³-hybridized carbons (Fsp3) is 0.938. The molecule has 2 bridgehead atoms. The van der Waals surface area contributed by atoms with Crippen LogP contribution in [0.4, 0.5) is 0 Å². The van der Waals surface area contributed by atoms with Crippen LogP contribution in [0.2, 0.25) is 0 Å². The van der Waals surface area contributed by atoms with E-state index in [-0.39, 0.29) is 12.1 Å². The van der Waals surface area contributed by atoms with E-state index < -0.39 is 0 Å². The second-order valence-electron chi connectivity index (χ2n) is 7.21. The average Bonchev–Trinajstić information content (AvgIpc) is 2.76. The molecular formula is C16H28NO2+. The Bertz CT molecular complexity index is 349. The lowest BCUT2D eigenvalue weighted by Gasteiger charge is -2.51. The lowest BCUT2D eigenvalue weighted by Crippen LogP contribution is -2.60. The number of hydrogen-bond donors (Lipinski definition) is 0. The molecule has 3 aliphatic rings. The van der Waals surface area contributed by atoms with E-state index in [9.17, 15) is 4.79 Å². The fourth-order valence-electron chi connectivity index (χ4n) is 5.15. The highest BCUT2D eigenvalue weighted by atomic mass is 16.5. The predicted molar refractivity (Wildman–Crippen MR) is 74.6 cm³/mol. The monoisotopic (exact) mass is 266 g/mol. The van der Waals surface area contributed by atoms with Crippen LogP contribution in [0.15, 0.2) is 0 Å². The van der Waals surface area contributed by atoms with Crippen LogP contribution in [0.1, 0.15) is 51.9 Å². The Morgan fingerprint density at radius 2 is 1.79 bits per heavy atom. The minimum Gasteiger partial charge on any atom is -0.462 e. The van der Waals surface area contributed by atoms with Gasteiger partial charge in [0, 0.05) is 32.1 Å². The van der Waals surface area contributed by atoms with Gasteiger partial charge in [-0.05, 0) is 25.2 Å². The Hall–Kier alpha value is -0.570. The number of carbonyl (C=O) groups excluding carboxylic acids is 1. The van der Waals surface area contributed by atoms with Crippen molar-refractivity contribution in [2.45, 2.75) is 64.0 Å². The lowest BCUT2D eigenvalue weighted by molar-refractivity contribution is -0.928. The molecule has 0 aromatic rings. The van der Waals surface area contributed by atoms with Crippen LogP contribution >= 0.6 is 0 Å². The second-order valence-corrected chi connectivity index (χ2v) is 7.21. The molecule has 1 aliphatic heterocycles. The molecule has 0 N–H and O–H groups in total. The topological polar surface area (TPSA) is 26.3 Å². The van der Waals surface area contributed by atoms with Gasteiger partial charge in [0.05, 0.1) is 26.2 Å². The highest BCUT2D eigenvalue weighted by Crippen LogP contribution is 2.46. The molecule has 4 atom stereocenters. The normalized spacial score (nSPS) is 40.9. The zero-order chi connectivity index (χ0) is 13.5. The maximum absolute atomic E-state index is 11.4. The number of quaternary nitrogens is 1. The summed E-state index contributed by atoms with van der Waals surface area (Å²) >= 11 is 0. The molecule has 2 saturated carbocycles. The molecule has 3 nitrogen and oxygen atoms in total. The van der Waals surface area contributed by atoms with E-state index >= 15 is 0 Å². The van der Waals surface area contributed by atoms with E-state index in [0.29, 0.717) is 11.8 Å². The molecule has 3 heteroatoms. The van der Waals surface area contributed by atoms with Crippen molar-refractivity contribution in [3.63, 3.8) is 0 Å². The third-order valence-corrected chi connectivity index (χ3v) is 6.02. The number of ether oxygens (including phenoxy) is 1. The average molecular weight is 266 g/mol. The van der Waals surface area contributed by atoms with Gasteiger partial charge >= 0.3 is 5.97 Å². The number of fused-ring (bicyclic) bond motifs is 2. The number of likely N-dealkylation sites (tertiary alicyclic amines) is 1. The van der Waals surface area contributed by atoms with Gasteiger partial charge in [0.15, 0.2) is 0 Å². The van der Waals surface area contributed by atoms with Crippen molar-refractivity contribution in [1.29, 1.82) is 0 Å². The molecular weight excluding hydrogens is 238 g/mol. The van der Waals surface area contributed by atoms with Crippen molar-refractivity contribution >= 4 is 5.97 Å². The molecule has 3 fully saturated rings. The Kier molecular flexibility index (Phi) is 3.59. The first kappa shape index (κ1) is 13.4. The Morgan fingerprint density at radius 1 is 1.05 bits per heavy atom.